The van der Waals surface area contributed by atoms with Crippen LogP contribution in [0.3, 0.4) is 0 Å². The zero-order valence-corrected chi connectivity index (χ0v) is 9.33. The number of hydrogen-bond donors (Lipinski definition) is 1. The fraction of sp³-hybridized carbons (Fsp3) is 0.250. The second kappa shape index (κ2) is 4.60. The molecule has 0 amide bonds. The van der Waals surface area contributed by atoms with Gasteiger partial charge in [0.05, 0.1) is 7.11 Å². The number of primary sulfonamides is 1. The first-order chi connectivity index (χ1) is 7.81. The summed E-state index contributed by atoms with van der Waals surface area (Å²) in [6, 6.07) is 2.14. The van der Waals surface area contributed by atoms with E-state index in [-0.39, 0.29) is 0 Å². The van der Waals surface area contributed by atoms with Crippen LogP contribution in [0.15, 0.2) is 11.0 Å². The molecule has 0 aliphatic rings. The lowest BCUT2D eigenvalue weighted by Gasteiger charge is -2.09. The van der Waals surface area contributed by atoms with Crippen molar-refractivity contribution in [1.29, 1.82) is 5.26 Å². The second-order valence-electron chi connectivity index (χ2n) is 2.88. The minimum Gasteiger partial charge on any atom is -0.495 e. The van der Waals surface area contributed by atoms with E-state index in [1.807, 2.05) is 0 Å². The number of methoxy groups -OCH3 is 1. The van der Waals surface area contributed by atoms with E-state index in [1.165, 1.54) is 6.07 Å². The Bertz CT molecular complexity index is 580. The highest BCUT2D eigenvalue weighted by atomic mass is 32.2. The summed E-state index contributed by atoms with van der Waals surface area (Å²) in [5.74, 6) is -0.442. The molecule has 1 aromatic heterocycles. The van der Waals surface area contributed by atoms with Gasteiger partial charge in [0.15, 0.2) is 5.69 Å². The zero-order valence-electron chi connectivity index (χ0n) is 8.52. The van der Waals surface area contributed by atoms with E-state index in [0.717, 1.165) is 13.2 Å². The maximum atomic E-state index is 12.5. The standard InChI is InChI=1S/C8H7F2N3O3S/c1-16-5-2-6(17(12,14)15)4(3-11)13-7(5)8(9)10/h2,8H,1H3,(H2,12,14,15). The van der Waals surface area contributed by atoms with E-state index in [0.29, 0.717) is 0 Å². The number of rotatable bonds is 3. The summed E-state index contributed by atoms with van der Waals surface area (Å²) in [7, 11) is -3.16. The normalized spacial score (nSPS) is 11.3. The van der Waals surface area contributed by atoms with E-state index in [4.69, 9.17) is 10.4 Å². The smallest absolute Gasteiger partial charge is 0.284 e. The third kappa shape index (κ3) is 2.66. The van der Waals surface area contributed by atoms with Crippen LogP contribution in [0.1, 0.15) is 17.8 Å². The van der Waals surface area contributed by atoms with Crippen LogP contribution < -0.4 is 9.88 Å². The third-order valence-corrected chi connectivity index (χ3v) is 2.74. The highest BCUT2D eigenvalue weighted by Gasteiger charge is 2.24. The van der Waals surface area contributed by atoms with Crippen molar-refractivity contribution in [2.24, 2.45) is 5.14 Å². The van der Waals surface area contributed by atoms with Gasteiger partial charge in [0, 0.05) is 6.07 Å². The highest BCUT2D eigenvalue weighted by Crippen LogP contribution is 2.30. The summed E-state index contributed by atoms with van der Waals surface area (Å²) < 4.78 is 51.8. The number of nitrogens with zero attached hydrogens (tertiary/aromatic N) is 2. The van der Waals surface area contributed by atoms with Gasteiger partial charge in [-0.1, -0.05) is 0 Å². The van der Waals surface area contributed by atoms with Crippen LogP contribution in [0.5, 0.6) is 5.75 Å². The van der Waals surface area contributed by atoms with Gasteiger partial charge in [0.25, 0.3) is 6.43 Å². The molecule has 0 radical (unpaired) electrons. The van der Waals surface area contributed by atoms with E-state index in [1.54, 1.807) is 0 Å². The number of halogens is 2. The van der Waals surface area contributed by atoms with E-state index >= 15 is 0 Å². The SMILES string of the molecule is COc1cc(S(N)(=O)=O)c(C#N)nc1C(F)F. The maximum Gasteiger partial charge on any atom is 0.284 e. The Balaban J connectivity index is 3.62. The van der Waals surface area contributed by atoms with Crippen molar-refractivity contribution in [1.82, 2.24) is 4.98 Å². The molecule has 0 bridgehead atoms. The maximum absolute atomic E-state index is 12.5. The molecule has 1 heterocycles. The minimum absolute atomic E-state index is 0.442. The molecule has 0 atom stereocenters. The lowest BCUT2D eigenvalue weighted by molar-refractivity contribution is 0.141. The zero-order chi connectivity index (χ0) is 13.2. The highest BCUT2D eigenvalue weighted by molar-refractivity contribution is 7.89. The fourth-order valence-corrected chi connectivity index (χ4v) is 1.74. The lowest BCUT2D eigenvalue weighted by atomic mass is 10.3. The first kappa shape index (κ1) is 13.3. The van der Waals surface area contributed by atoms with Crippen molar-refractivity contribution in [2.75, 3.05) is 7.11 Å². The molecule has 0 fully saturated rings. The van der Waals surface area contributed by atoms with Crippen molar-refractivity contribution in [3.8, 4) is 11.8 Å². The Labute approximate surface area is 95.7 Å². The predicted molar refractivity (Wildman–Crippen MR) is 51.8 cm³/mol. The monoisotopic (exact) mass is 263 g/mol. The minimum atomic E-state index is -4.23. The number of nitrogens with two attached hydrogens (primary N) is 1. The molecule has 0 spiro atoms. The van der Waals surface area contributed by atoms with Crippen molar-refractivity contribution in [2.45, 2.75) is 11.3 Å². The molecule has 1 rings (SSSR count). The van der Waals surface area contributed by atoms with Crippen molar-refractivity contribution in [3.05, 3.63) is 17.5 Å². The molecular formula is C8H7F2N3O3S. The number of ether oxygens (including phenoxy) is 1. The van der Waals surface area contributed by atoms with Crippen LogP contribution in [0.2, 0.25) is 0 Å². The molecule has 1 aromatic rings. The van der Waals surface area contributed by atoms with E-state index in [2.05, 4.69) is 9.72 Å². The summed E-state index contributed by atoms with van der Waals surface area (Å²) in [5.41, 5.74) is -1.50. The fourth-order valence-electron chi connectivity index (χ4n) is 1.11. The average molecular weight is 263 g/mol. The quantitative estimate of drug-likeness (QED) is 0.856. The first-order valence-electron chi connectivity index (χ1n) is 4.11. The molecule has 17 heavy (non-hydrogen) atoms. The van der Waals surface area contributed by atoms with Crippen LogP contribution in [-0.4, -0.2) is 20.5 Å². The summed E-state index contributed by atoms with van der Waals surface area (Å²) in [4.78, 5) is 2.58. The molecule has 2 N–H and O–H groups in total. The van der Waals surface area contributed by atoms with Gasteiger partial charge < -0.3 is 4.74 Å². The molecule has 0 aliphatic heterocycles. The predicted octanol–water partition coefficient (Wildman–Crippen LogP) is 0.547. The van der Waals surface area contributed by atoms with E-state index in [9.17, 15) is 17.2 Å². The largest absolute Gasteiger partial charge is 0.495 e. The van der Waals surface area contributed by atoms with Crippen LogP contribution in [0.25, 0.3) is 0 Å². The van der Waals surface area contributed by atoms with Gasteiger partial charge in [-0.3, -0.25) is 0 Å². The Morgan fingerprint density at radius 1 is 1.59 bits per heavy atom. The van der Waals surface area contributed by atoms with Crippen LogP contribution >= 0.6 is 0 Å². The molecule has 0 aromatic carbocycles. The van der Waals surface area contributed by atoms with Gasteiger partial charge in [-0.15, -0.1) is 0 Å². The van der Waals surface area contributed by atoms with Crippen molar-refractivity contribution >= 4 is 10.0 Å². The van der Waals surface area contributed by atoms with Crippen molar-refractivity contribution < 1.29 is 21.9 Å². The molecule has 0 saturated carbocycles. The van der Waals surface area contributed by atoms with Crippen LogP contribution in [-0.2, 0) is 10.0 Å². The second-order valence-corrected chi connectivity index (χ2v) is 4.41. The third-order valence-electron chi connectivity index (χ3n) is 1.82. The number of aromatic nitrogens is 1. The van der Waals surface area contributed by atoms with Gasteiger partial charge in [-0.2, -0.15) is 5.26 Å². The van der Waals surface area contributed by atoms with Crippen molar-refractivity contribution in [3.63, 3.8) is 0 Å². The molecule has 0 unspecified atom stereocenters. The Morgan fingerprint density at radius 3 is 2.53 bits per heavy atom. The first-order valence-corrected chi connectivity index (χ1v) is 5.66. The van der Waals surface area contributed by atoms with Crippen LogP contribution in [0, 0.1) is 11.3 Å². The van der Waals surface area contributed by atoms with Gasteiger partial charge in [0.1, 0.15) is 22.4 Å². The summed E-state index contributed by atoms with van der Waals surface area (Å²) >= 11 is 0. The molecular weight excluding hydrogens is 256 g/mol. The Kier molecular flexibility index (Phi) is 3.59. The summed E-state index contributed by atoms with van der Waals surface area (Å²) in [6.45, 7) is 0. The number of pyridine rings is 1. The summed E-state index contributed by atoms with van der Waals surface area (Å²) in [5, 5.41) is 13.5. The topological polar surface area (TPSA) is 106 Å². The Morgan fingerprint density at radius 2 is 2.18 bits per heavy atom. The number of nitriles is 1. The Hall–Kier alpha value is -1.79. The van der Waals surface area contributed by atoms with Gasteiger partial charge in [-0.05, 0) is 0 Å². The molecule has 92 valence electrons. The number of alkyl halides is 2. The van der Waals surface area contributed by atoms with E-state index < -0.39 is 38.5 Å². The van der Waals surface area contributed by atoms with Gasteiger partial charge >= 0.3 is 0 Å². The molecule has 9 heteroatoms. The lowest BCUT2D eigenvalue weighted by Crippen LogP contribution is -2.16. The van der Waals surface area contributed by atoms with Gasteiger partial charge in [-0.25, -0.2) is 27.3 Å². The molecule has 0 aliphatic carbocycles. The van der Waals surface area contributed by atoms with Gasteiger partial charge in [0.2, 0.25) is 10.0 Å². The number of sulfonamides is 1. The molecule has 0 saturated heterocycles. The average Bonchev–Trinajstić information content (AvgIpc) is 2.25. The van der Waals surface area contributed by atoms with Crippen LogP contribution in [0.4, 0.5) is 8.78 Å². The number of hydrogen-bond acceptors (Lipinski definition) is 5. The summed E-state index contributed by atoms with van der Waals surface area (Å²) in [6.07, 6.45) is -2.99. The molecule has 6 nitrogen and oxygen atoms in total.